The quantitative estimate of drug-likeness (QED) is 0.761. The highest BCUT2D eigenvalue weighted by molar-refractivity contribution is 5.94. The Kier molecular flexibility index (Phi) is 6.15. The fourth-order valence-electron chi connectivity index (χ4n) is 3.17. The van der Waals surface area contributed by atoms with Crippen LogP contribution in [0.25, 0.3) is 0 Å². The van der Waals surface area contributed by atoms with Crippen LogP contribution < -0.4 is 10.1 Å². The van der Waals surface area contributed by atoms with Crippen LogP contribution in [0.1, 0.15) is 37.7 Å². The van der Waals surface area contributed by atoms with Crippen LogP contribution in [0.2, 0.25) is 0 Å². The van der Waals surface area contributed by atoms with E-state index in [2.05, 4.69) is 5.32 Å². The van der Waals surface area contributed by atoms with Crippen molar-refractivity contribution in [1.82, 2.24) is 4.90 Å². The maximum Gasteiger partial charge on any atom is 0.224 e. The van der Waals surface area contributed by atoms with E-state index in [4.69, 9.17) is 9.47 Å². The van der Waals surface area contributed by atoms with Gasteiger partial charge in [0.05, 0.1) is 19.4 Å². The molecule has 2 heterocycles. The lowest BCUT2D eigenvalue weighted by Gasteiger charge is -2.25. The number of hydrogen-bond acceptors (Lipinski definition) is 4. The summed E-state index contributed by atoms with van der Waals surface area (Å²) >= 11 is 0. The molecule has 0 fully saturated rings. The van der Waals surface area contributed by atoms with Crippen LogP contribution in [0.3, 0.4) is 0 Å². The summed E-state index contributed by atoms with van der Waals surface area (Å²) in [5.41, 5.74) is 1.96. The first-order valence-corrected chi connectivity index (χ1v) is 9.22. The monoisotopic (exact) mass is 358 g/mol. The van der Waals surface area contributed by atoms with Gasteiger partial charge in [-0.1, -0.05) is 6.07 Å². The summed E-state index contributed by atoms with van der Waals surface area (Å²) in [6.45, 7) is 1.09. The number of rotatable bonds is 7. The van der Waals surface area contributed by atoms with E-state index in [-0.39, 0.29) is 17.9 Å². The van der Waals surface area contributed by atoms with E-state index in [1.54, 1.807) is 11.2 Å². The Balaban J connectivity index is 1.38. The molecule has 0 aromatic heterocycles. The molecule has 0 radical (unpaired) electrons. The van der Waals surface area contributed by atoms with Crippen LogP contribution in [-0.4, -0.2) is 43.0 Å². The van der Waals surface area contributed by atoms with Gasteiger partial charge >= 0.3 is 0 Å². The van der Waals surface area contributed by atoms with E-state index in [1.807, 2.05) is 31.3 Å². The van der Waals surface area contributed by atoms with Gasteiger partial charge in [0.25, 0.3) is 0 Å². The predicted molar refractivity (Wildman–Crippen MR) is 99.0 cm³/mol. The number of hydrogen-bond donors (Lipinski definition) is 1. The molecule has 1 aromatic carbocycles. The van der Waals surface area contributed by atoms with Gasteiger partial charge in [-0.25, -0.2) is 0 Å². The van der Waals surface area contributed by atoms with Crippen molar-refractivity contribution in [1.29, 1.82) is 0 Å². The molecule has 0 spiro atoms. The molecule has 2 aliphatic heterocycles. The fourth-order valence-corrected chi connectivity index (χ4v) is 3.17. The Morgan fingerprint density at radius 1 is 1.38 bits per heavy atom. The smallest absolute Gasteiger partial charge is 0.224 e. The maximum absolute atomic E-state index is 12.2. The third-order valence-corrected chi connectivity index (χ3v) is 4.71. The number of allylic oxidation sites excluding steroid dienone is 1. The van der Waals surface area contributed by atoms with Crippen LogP contribution in [0.5, 0.6) is 5.75 Å². The lowest BCUT2D eigenvalue weighted by Crippen LogP contribution is -2.35. The van der Waals surface area contributed by atoms with Gasteiger partial charge in [-0.05, 0) is 43.4 Å². The number of benzene rings is 1. The summed E-state index contributed by atoms with van der Waals surface area (Å²) in [6.07, 6.45) is 8.17. The number of ether oxygens (including phenoxy) is 2. The molecule has 1 unspecified atom stereocenters. The van der Waals surface area contributed by atoms with E-state index < -0.39 is 0 Å². The summed E-state index contributed by atoms with van der Waals surface area (Å²) < 4.78 is 11.2. The highest BCUT2D eigenvalue weighted by Crippen LogP contribution is 2.27. The van der Waals surface area contributed by atoms with Crippen LogP contribution in [0.4, 0.5) is 5.69 Å². The Labute approximate surface area is 154 Å². The summed E-state index contributed by atoms with van der Waals surface area (Å²) in [4.78, 5) is 25.4. The van der Waals surface area contributed by atoms with Crippen molar-refractivity contribution < 1.29 is 19.1 Å². The number of carbonyl (C=O) groups is 2. The molecule has 0 bridgehead atoms. The van der Waals surface area contributed by atoms with E-state index in [9.17, 15) is 9.59 Å². The zero-order valence-corrected chi connectivity index (χ0v) is 15.2. The second-order valence-electron chi connectivity index (χ2n) is 6.80. The Bertz CT molecular complexity index is 686. The van der Waals surface area contributed by atoms with E-state index in [0.29, 0.717) is 38.2 Å². The first kappa shape index (κ1) is 18.3. The van der Waals surface area contributed by atoms with E-state index in [0.717, 1.165) is 30.5 Å². The van der Waals surface area contributed by atoms with Crippen molar-refractivity contribution >= 4 is 17.5 Å². The Morgan fingerprint density at radius 2 is 2.27 bits per heavy atom. The molecular weight excluding hydrogens is 332 g/mol. The lowest BCUT2D eigenvalue weighted by molar-refractivity contribution is -0.131. The number of carbonyl (C=O) groups excluding carboxylic acids is 2. The maximum atomic E-state index is 12.2. The van der Waals surface area contributed by atoms with Crippen LogP contribution >= 0.6 is 0 Å². The molecule has 26 heavy (non-hydrogen) atoms. The second-order valence-corrected chi connectivity index (χ2v) is 6.80. The highest BCUT2D eigenvalue weighted by Gasteiger charge is 2.17. The third-order valence-electron chi connectivity index (χ3n) is 4.71. The highest BCUT2D eigenvalue weighted by atomic mass is 16.5. The minimum absolute atomic E-state index is 0.0423. The first-order chi connectivity index (χ1) is 12.6. The van der Waals surface area contributed by atoms with Crippen molar-refractivity contribution in [2.45, 2.75) is 44.6 Å². The van der Waals surface area contributed by atoms with Gasteiger partial charge in [0.1, 0.15) is 11.9 Å². The standard InChI is InChI=1S/C20H26N2O4/c1-22(14-17-5-2-3-11-26-17)20(24)6-4-12-25-16-9-7-15-8-10-19(23)21-18(15)13-16/h3,7,9,11,13,17H,2,4-6,8,10,12,14H2,1H3,(H,21,23). The number of amides is 2. The molecule has 140 valence electrons. The molecule has 0 aliphatic carbocycles. The van der Waals surface area contributed by atoms with Crippen molar-refractivity contribution in [3.8, 4) is 5.75 Å². The largest absolute Gasteiger partial charge is 0.497 e. The van der Waals surface area contributed by atoms with Crippen molar-refractivity contribution in [2.24, 2.45) is 0 Å². The number of anilines is 1. The number of fused-ring (bicyclic) bond motifs is 1. The third kappa shape index (κ3) is 5.00. The fraction of sp³-hybridized carbons (Fsp3) is 0.500. The zero-order chi connectivity index (χ0) is 18.4. The zero-order valence-electron chi connectivity index (χ0n) is 15.2. The predicted octanol–water partition coefficient (Wildman–Crippen LogP) is 2.88. The van der Waals surface area contributed by atoms with Gasteiger partial charge in [-0.15, -0.1) is 0 Å². The molecule has 2 aliphatic rings. The molecule has 6 heteroatoms. The average molecular weight is 358 g/mol. The topological polar surface area (TPSA) is 67.9 Å². The van der Waals surface area contributed by atoms with Crippen LogP contribution in [0, 0.1) is 0 Å². The van der Waals surface area contributed by atoms with Crippen LogP contribution in [0.15, 0.2) is 30.5 Å². The molecule has 2 amide bonds. The number of aryl methyl sites for hydroxylation is 1. The molecule has 1 aromatic rings. The molecular formula is C20H26N2O4. The molecule has 3 rings (SSSR count). The first-order valence-electron chi connectivity index (χ1n) is 9.22. The minimum Gasteiger partial charge on any atom is -0.497 e. The Morgan fingerprint density at radius 3 is 3.08 bits per heavy atom. The summed E-state index contributed by atoms with van der Waals surface area (Å²) in [7, 11) is 1.82. The SMILES string of the molecule is CN(CC1CCC=CO1)C(=O)CCCOc1ccc2c(c1)NC(=O)CC2. The van der Waals surface area contributed by atoms with Gasteiger partial charge in [0.15, 0.2) is 0 Å². The molecule has 0 saturated carbocycles. The molecule has 1 atom stereocenters. The number of nitrogens with zero attached hydrogens (tertiary/aromatic N) is 1. The normalized spacial score (nSPS) is 18.5. The van der Waals surface area contributed by atoms with E-state index >= 15 is 0 Å². The Hall–Kier alpha value is -2.50. The van der Waals surface area contributed by atoms with Gasteiger partial charge in [0.2, 0.25) is 11.8 Å². The summed E-state index contributed by atoms with van der Waals surface area (Å²) in [5.74, 6) is 0.860. The summed E-state index contributed by atoms with van der Waals surface area (Å²) in [5, 5.41) is 2.87. The molecule has 0 saturated heterocycles. The number of likely N-dealkylation sites (N-methyl/N-ethyl adjacent to an activating group) is 1. The minimum atomic E-state index is 0.0423. The van der Waals surface area contributed by atoms with Gasteiger partial charge in [-0.2, -0.15) is 0 Å². The van der Waals surface area contributed by atoms with Crippen LogP contribution in [-0.2, 0) is 20.7 Å². The van der Waals surface area contributed by atoms with Gasteiger partial charge in [-0.3, -0.25) is 9.59 Å². The van der Waals surface area contributed by atoms with Crippen molar-refractivity contribution in [3.05, 3.63) is 36.1 Å². The van der Waals surface area contributed by atoms with Crippen molar-refractivity contribution in [2.75, 3.05) is 25.5 Å². The number of nitrogens with one attached hydrogen (secondary N) is 1. The van der Waals surface area contributed by atoms with E-state index in [1.165, 1.54) is 0 Å². The lowest BCUT2D eigenvalue weighted by atomic mass is 10.0. The van der Waals surface area contributed by atoms with Gasteiger partial charge in [0, 0.05) is 31.6 Å². The molecule has 1 N–H and O–H groups in total. The summed E-state index contributed by atoms with van der Waals surface area (Å²) in [6, 6.07) is 5.76. The molecule has 6 nitrogen and oxygen atoms in total. The average Bonchev–Trinajstić information content (AvgIpc) is 2.65. The second kappa shape index (κ2) is 8.74. The van der Waals surface area contributed by atoms with Crippen molar-refractivity contribution in [3.63, 3.8) is 0 Å². The van der Waals surface area contributed by atoms with Gasteiger partial charge < -0.3 is 19.7 Å².